The molecule has 1 aliphatic rings. The fourth-order valence-corrected chi connectivity index (χ4v) is 7.15. The lowest BCUT2D eigenvalue weighted by atomic mass is 9.90. The lowest BCUT2D eigenvalue weighted by molar-refractivity contribution is -0.348. The molecule has 14 heteroatoms. The second kappa shape index (κ2) is 10.3. The maximum Gasteiger partial charge on any atom is 0.435 e. The van der Waals surface area contributed by atoms with Crippen molar-refractivity contribution in [3.8, 4) is 0 Å². The van der Waals surface area contributed by atoms with E-state index < -0.39 is 54.8 Å². The number of benzene rings is 3. The number of rotatable bonds is 6. The van der Waals surface area contributed by atoms with Crippen molar-refractivity contribution in [3.63, 3.8) is 0 Å². The van der Waals surface area contributed by atoms with Gasteiger partial charge in [-0.25, -0.2) is 12.8 Å². The lowest BCUT2D eigenvalue weighted by Crippen LogP contribution is -2.50. The minimum absolute atomic E-state index is 0.0764. The minimum Gasteiger partial charge on any atom is -0.297 e. The Balaban J connectivity index is 1.84. The number of halogens is 10. The summed E-state index contributed by atoms with van der Waals surface area (Å²) in [6.45, 7) is -0.0688. The smallest absolute Gasteiger partial charge is 0.297 e. The minimum atomic E-state index is -6.38. The maximum absolute atomic E-state index is 14.6. The van der Waals surface area contributed by atoms with Crippen LogP contribution < -0.4 is 0 Å². The van der Waals surface area contributed by atoms with Crippen LogP contribution in [-0.4, -0.2) is 38.8 Å². The largest absolute Gasteiger partial charge is 0.435 e. The Labute approximate surface area is 228 Å². The molecule has 0 aromatic heterocycles. The van der Waals surface area contributed by atoms with Crippen LogP contribution in [0.2, 0.25) is 0 Å². The summed E-state index contributed by atoms with van der Waals surface area (Å²) in [7, 11) is -4.75. The van der Waals surface area contributed by atoms with Crippen LogP contribution >= 0.6 is 0 Å². The molecule has 4 rings (SSSR count). The number of sulfone groups is 1. The van der Waals surface area contributed by atoms with E-state index >= 15 is 0 Å². The van der Waals surface area contributed by atoms with Crippen LogP contribution in [-0.2, 0) is 33.0 Å². The molecule has 1 atom stereocenters. The molecular formula is C27H21F10NO2S. The van der Waals surface area contributed by atoms with E-state index in [1.54, 1.807) is 35.2 Å². The van der Waals surface area contributed by atoms with E-state index in [2.05, 4.69) is 0 Å². The first-order valence-corrected chi connectivity index (χ1v) is 13.4. The molecule has 0 bridgehead atoms. The highest BCUT2D eigenvalue weighted by atomic mass is 32.2. The van der Waals surface area contributed by atoms with Crippen molar-refractivity contribution >= 4 is 9.84 Å². The molecule has 3 aromatic carbocycles. The van der Waals surface area contributed by atoms with E-state index in [1.165, 1.54) is 0 Å². The second-order valence-corrected chi connectivity index (χ2v) is 12.0. The highest BCUT2D eigenvalue weighted by Gasteiger charge is 2.73. The Morgan fingerprint density at radius 2 is 1.29 bits per heavy atom. The third kappa shape index (κ3) is 5.43. The monoisotopic (exact) mass is 613 g/mol. The third-order valence-corrected chi connectivity index (χ3v) is 9.61. The number of hydrogen-bond donors (Lipinski definition) is 0. The van der Waals surface area contributed by atoms with Gasteiger partial charge in [-0.05, 0) is 35.7 Å². The number of likely N-dealkylation sites (tertiary alicyclic amines) is 1. The van der Waals surface area contributed by atoms with E-state index in [9.17, 15) is 52.3 Å². The third-order valence-electron chi connectivity index (χ3n) is 7.14. The molecule has 1 aliphatic heterocycles. The van der Waals surface area contributed by atoms with Crippen molar-refractivity contribution in [1.82, 2.24) is 4.90 Å². The predicted octanol–water partition coefficient (Wildman–Crippen LogP) is 7.57. The van der Waals surface area contributed by atoms with E-state index in [1.807, 2.05) is 0 Å². The van der Waals surface area contributed by atoms with Crippen LogP contribution in [0.15, 0.2) is 83.8 Å². The van der Waals surface area contributed by atoms with Gasteiger partial charge in [0.1, 0.15) is 4.75 Å². The highest BCUT2D eigenvalue weighted by Crippen LogP contribution is 2.54. The average Bonchev–Trinajstić information content (AvgIpc) is 3.32. The second-order valence-electron chi connectivity index (χ2n) is 9.70. The molecule has 3 nitrogen and oxygen atoms in total. The van der Waals surface area contributed by atoms with Crippen molar-refractivity contribution in [2.75, 3.05) is 13.1 Å². The molecule has 0 aliphatic carbocycles. The SMILES string of the molecule is O=S(=O)(c1cccc(C(F)(F)F)c1)C1(c2ccc(C(F)(C(F)(F)F)C(F)(F)F)cc2)CCN(Cc2ccccc2)C1. The molecule has 41 heavy (non-hydrogen) atoms. The van der Waals surface area contributed by atoms with Crippen LogP contribution in [0, 0.1) is 0 Å². The van der Waals surface area contributed by atoms with Crippen molar-refractivity contribution in [2.24, 2.45) is 0 Å². The Morgan fingerprint density at radius 1 is 0.707 bits per heavy atom. The zero-order valence-corrected chi connectivity index (χ0v) is 21.6. The van der Waals surface area contributed by atoms with Crippen LogP contribution in [0.5, 0.6) is 0 Å². The summed E-state index contributed by atoms with van der Waals surface area (Å²) < 4.78 is 160. The number of alkyl halides is 10. The standard InChI is InChI=1S/C27H21F10NO2S/c28-24(26(32,33)34,27(35,36)37)20-11-9-19(10-12-20)23(13-14-38(17-23)16-18-5-2-1-3-6-18)41(39,40)22-8-4-7-21(15-22)25(29,30)31/h1-12,15H,13-14,16-17H2. The molecule has 0 amide bonds. The van der Waals surface area contributed by atoms with E-state index in [4.69, 9.17) is 0 Å². The summed E-state index contributed by atoms with van der Waals surface area (Å²) in [5.41, 5.74) is -8.35. The van der Waals surface area contributed by atoms with Gasteiger partial charge in [0.2, 0.25) is 0 Å². The van der Waals surface area contributed by atoms with Crippen LogP contribution in [0.4, 0.5) is 43.9 Å². The van der Waals surface area contributed by atoms with Gasteiger partial charge in [0, 0.05) is 25.2 Å². The van der Waals surface area contributed by atoms with Crippen molar-refractivity contribution < 1.29 is 52.3 Å². The molecule has 0 spiro atoms. The summed E-state index contributed by atoms with van der Waals surface area (Å²) in [5.74, 6) is 0. The van der Waals surface area contributed by atoms with E-state index in [0.29, 0.717) is 24.3 Å². The van der Waals surface area contributed by atoms with Gasteiger partial charge < -0.3 is 0 Å². The molecule has 1 heterocycles. The predicted molar refractivity (Wildman–Crippen MR) is 128 cm³/mol. The summed E-state index contributed by atoms with van der Waals surface area (Å²) in [4.78, 5) is 0.919. The first-order valence-electron chi connectivity index (χ1n) is 11.9. The zero-order valence-electron chi connectivity index (χ0n) is 20.8. The van der Waals surface area contributed by atoms with Gasteiger partial charge in [0.05, 0.1) is 10.5 Å². The molecule has 222 valence electrons. The summed E-state index contributed by atoms with van der Waals surface area (Å²) >= 11 is 0. The first kappa shape index (κ1) is 30.8. The fourth-order valence-electron chi connectivity index (χ4n) is 5.00. The van der Waals surface area contributed by atoms with E-state index in [0.717, 1.165) is 17.7 Å². The Morgan fingerprint density at radius 3 is 1.83 bits per heavy atom. The molecule has 0 N–H and O–H groups in total. The molecular weight excluding hydrogens is 592 g/mol. The van der Waals surface area contributed by atoms with Crippen LogP contribution in [0.3, 0.4) is 0 Å². The lowest BCUT2D eigenvalue weighted by Gasteiger charge is -2.33. The normalized spacial score (nSPS) is 19.5. The highest BCUT2D eigenvalue weighted by molar-refractivity contribution is 7.92. The summed E-state index contributed by atoms with van der Waals surface area (Å²) in [6, 6.07) is 13.3. The van der Waals surface area contributed by atoms with Gasteiger partial charge in [-0.3, -0.25) is 4.90 Å². The molecule has 3 aromatic rings. The Bertz CT molecular complexity index is 1470. The quantitative estimate of drug-likeness (QED) is 0.269. The fraction of sp³-hybridized carbons (Fsp3) is 0.333. The molecule has 1 saturated heterocycles. The molecule has 1 fully saturated rings. The average molecular weight is 614 g/mol. The van der Waals surface area contributed by atoms with Gasteiger partial charge >= 0.3 is 24.2 Å². The zero-order chi connectivity index (χ0) is 30.5. The molecule has 0 radical (unpaired) electrons. The number of hydrogen-bond acceptors (Lipinski definition) is 3. The molecule has 1 unspecified atom stereocenters. The maximum atomic E-state index is 14.6. The van der Waals surface area contributed by atoms with Gasteiger partial charge in [0.15, 0.2) is 9.84 Å². The van der Waals surface area contributed by atoms with Crippen molar-refractivity contribution in [1.29, 1.82) is 0 Å². The van der Waals surface area contributed by atoms with Gasteiger partial charge in [-0.2, -0.15) is 39.5 Å². The van der Waals surface area contributed by atoms with Crippen molar-refractivity contribution in [2.45, 2.75) is 46.8 Å². The van der Waals surface area contributed by atoms with Gasteiger partial charge in [-0.15, -0.1) is 0 Å². The van der Waals surface area contributed by atoms with Crippen molar-refractivity contribution in [3.05, 3.63) is 101 Å². The topological polar surface area (TPSA) is 37.4 Å². The van der Waals surface area contributed by atoms with E-state index in [-0.39, 0.29) is 43.8 Å². The Hall–Kier alpha value is -3.13. The summed E-state index contributed by atoms with van der Waals surface area (Å²) in [5, 5.41) is 0. The molecule has 0 saturated carbocycles. The van der Waals surface area contributed by atoms with Gasteiger partial charge in [-0.1, -0.05) is 60.7 Å². The number of nitrogens with zero attached hydrogens (tertiary/aromatic N) is 1. The van der Waals surface area contributed by atoms with Gasteiger partial charge in [0.25, 0.3) is 0 Å². The first-order chi connectivity index (χ1) is 18.8. The van der Waals surface area contributed by atoms with Crippen LogP contribution in [0.25, 0.3) is 0 Å². The Kier molecular flexibility index (Phi) is 7.74. The van der Waals surface area contributed by atoms with Crippen LogP contribution in [0.1, 0.15) is 28.7 Å². The summed E-state index contributed by atoms with van der Waals surface area (Å²) in [6.07, 6.45) is -17.9.